The SMILES string of the molecule is CSC1CCCC(NCc2cc(Cl)ccc2Br)C1. The quantitative estimate of drug-likeness (QED) is 0.833. The lowest BCUT2D eigenvalue weighted by Gasteiger charge is -2.29. The van der Waals surface area contributed by atoms with Crippen molar-refractivity contribution in [3.05, 3.63) is 33.3 Å². The first-order chi connectivity index (χ1) is 8.69. The topological polar surface area (TPSA) is 12.0 Å². The molecule has 0 spiro atoms. The van der Waals surface area contributed by atoms with Gasteiger partial charge in [-0.25, -0.2) is 0 Å². The number of benzene rings is 1. The molecule has 2 atom stereocenters. The van der Waals surface area contributed by atoms with Gasteiger partial charge in [0.2, 0.25) is 0 Å². The van der Waals surface area contributed by atoms with Gasteiger partial charge in [0.05, 0.1) is 0 Å². The first kappa shape index (κ1) is 14.7. The van der Waals surface area contributed by atoms with E-state index in [1.54, 1.807) is 0 Å². The van der Waals surface area contributed by atoms with Crippen molar-refractivity contribution in [2.24, 2.45) is 0 Å². The van der Waals surface area contributed by atoms with E-state index < -0.39 is 0 Å². The number of nitrogens with one attached hydrogen (secondary N) is 1. The molecule has 1 N–H and O–H groups in total. The monoisotopic (exact) mass is 347 g/mol. The Hall–Kier alpha value is 0.300. The molecule has 1 saturated carbocycles. The second-order valence-electron chi connectivity index (χ2n) is 4.84. The second kappa shape index (κ2) is 7.18. The number of halogens is 2. The van der Waals surface area contributed by atoms with Crippen molar-refractivity contribution in [1.82, 2.24) is 5.32 Å². The van der Waals surface area contributed by atoms with Crippen LogP contribution in [0.25, 0.3) is 0 Å². The van der Waals surface area contributed by atoms with Crippen LogP contribution < -0.4 is 5.32 Å². The van der Waals surface area contributed by atoms with Crippen molar-refractivity contribution in [1.29, 1.82) is 0 Å². The fourth-order valence-corrected chi connectivity index (χ4v) is 3.89. The maximum Gasteiger partial charge on any atom is 0.0410 e. The largest absolute Gasteiger partial charge is 0.310 e. The molecule has 100 valence electrons. The average molecular weight is 349 g/mol. The molecule has 0 heterocycles. The van der Waals surface area contributed by atoms with E-state index in [1.165, 1.54) is 31.2 Å². The van der Waals surface area contributed by atoms with Crippen LogP contribution in [-0.2, 0) is 6.54 Å². The third-order valence-electron chi connectivity index (χ3n) is 3.55. The summed E-state index contributed by atoms with van der Waals surface area (Å²) in [6.07, 6.45) is 7.54. The number of hydrogen-bond acceptors (Lipinski definition) is 2. The van der Waals surface area contributed by atoms with E-state index >= 15 is 0 Å². The van der Waals surface area contributed by atoms with Crippen molar-refractivity contribution >= 4 is 39.3 Å². The fourth-order valence-electron chi connectivity index (χ4n) is 2.48. The molecule has 0 amide bonds. The number of thioether (sulfide) groups is 1. The Balaban J connectivity index is 1.89. The molecular formula is C14H19BrClNS. The Bertz CT molecular complexity index is 399. The summed E-state index contributed by atoms with van der Waals surface area (Å²) in [5.74, 6) is 0. The van der Waals surface area contributed by atoms with Gasteiger partial charge in [-0.15, -0.1) is 0 Å². The van der Waals surface area contributed by atoms with Crippen LogP contribution >= 0.6 is 39.3 Å². The van der Waals surface area contributed by atoms with Crippen LogP contribution in [0.15, 0.2) is 22.7 Å². The minimum atomic E-state index is 0.655. The van der Waals surface area contributed by atoms with Crippen LogP contribution in [0.1, 0.15) is 31.2 Å². The minimum absolute atomic E-state index is 0.655. The zero-order valence-electron chi connectivity index (χ0n) is 10.6. The summed E-state index contributed by atoms with van der Waals surface area (Å²) in [5.41, 5.74) is 1.24. The summed E-state index contributed by atoms with van der Waals surface area (Å²) in [6, 6.07) is 6.62. The van der Waals surface area contributed by atoms with Crippen molar-refractivity contribution in [2.45, 2.75) is 43.5 Å². The predicted octanol–water partition coefficient (Wildman–Crippen LogP) is 4.87. The highest BCUT2D eigenvalue weighted by Gasteiger charge is 2.20. The average Bonchev–Trinajstić information content (AvgIpc) is 2.40. The molecule has 4 heteroatoms. The van der Waals surface area contributed by atoms with Crippen LogP contribution in [-0.4, -0.2) is 17.5 Å². The zero-order chi connectivity index (χ0) is 13.0. The molecule has 0 bridgehead atoms. The Morgan fingerprint density at radius 1 is 1.44 bits per heavy atom. The lowest BCUT2D eigenvalue weighted by Crippen LogP contribution is -2.34. The van der Waals surface area contributed by atoms with Gasteiger partial charge >= 0.3 is 0 Å². The van der Waals surface area contributed by atoms with Crippen LogP contribution in [0.3, 0.4) is 0 Å². The molecule has 0 radical (unpaired) electrons. The maximum atomic E-state index is 6.03. The standard InChI is InChI=1S/C14H19BrClNS/c1-18-13-4-2-3-12(8-13)17-9-10-7-11(16)5-6-14(10)15/h5-7,12-13,17H,2-4,8-9H2,1H3. The Morgan fingerprint density at radius 3 is 3.06 bits per heavy atom. The van der Waals surface area contributed by atoms with Gasteiger partial charge in [0.1, 0.15) is 0 Å². The molecule has 1 aliphatic carbocycles. The Kier molecular flexibility index (Phi) is 5.87. The van der Waals surface area contributed by atoms with Crippen LogP contribution in [0.4, 0.5) is 0 Å². The molecule has 2 unspecified atom stereocenters. The maximum absolute atomic E-state index is 6.03. The molecule has 0 aliphatic heterocycles. The normalized spacial score (nSPS) is 24.2. The fraction of sp³-hybridized carbons (Fsp3) is 0.571. The van der Waals surface area contributed by atoms with E-state index in [2.05, 4.69) is 27.5 Å². The van der Waals surface area contributed by atoms with Gasteiger partial charge < -0.3 is 5.32 Å². The lowest BCUT2D eigenvalue weighted by molar-refractivity contribution is 0.379. The highest BCUT2D eigenvalue weighted by molar-refractivity contribution is 9.10. The van der Waals surface area contributed by atoms with E-state index in [9.17, 15) is 0 Å². The predicted molar refractivity (Wildman–Crippen MR) is 85.6 cm³/mol. The van der Waals surface area contributed by atoms with Crippen molar-refractivity contribution in [3.8, 4) is 0 Å². The Morgan fingerprint density at radius 2 is 2.28 bits per heavy atom. The van der Waals surface area contributed by atoms with Gasteiger partial charge in [-0.3, -0.25) is 0 Å². The zero-order valence-corrected chi connectivity index (χ0v) is 13.7. The van der Waals surface area contributed by atoms with Crippen LogP contribution in [0.2, 0.25) is 5.02 Å². The van der Waals surface area contributed by atoms with Gasteiger partial charge in [0, 0.05) is 27.3 Å². The molecule has 0 saturated heterocycles. The lowest BCUT2D eigenvalue weighted by atomic mass is 9.95. The van der Waals surface area contributed by atoms with E-state index in [0.29, 0.717) is 6.04 Å². The van der Waals surface area contributed by atoms with E-state index in [0.717, 1.165) is 21.3 Å². The molecule has 0 aromatic heterocycles. The smallest absolute Gasteiger partial charge is 0.0410 e. The summed E-state index contributed by atoms with van der Waals surface area (Å²) < 4.78 is 1.14. The van der Waals surface area contributed by atoms with E-state index in [-0.39, 0.29) is 0 Å². The molecule has 2 rings (SSSR count). The van der Waals surface area contributed by atoms with Gasteiger partial charge in [-0.05, 0) is 49.3 Å². The van der Waals surface area contributed by atoms with Crippen molar-refractivity contribution < 1.29 is 0 Å². The van der Waals surface area contributed by atoms with Gasteiger partial charge in [0.25, 0.3) is 0 Å². The molecule has 1 aromatic rings. The minimum Gasteiger partial charge on any atom is -0.310 e. The van der Waals surface area contributed by atoms with E-state index in [4.69, 9.17) is 11.6 Å². The van der Waals surface area contributed by atoms with Gasteiger partial charge in [0.15, 0.2) is 0 Å². The summed E-state index contributed by atoms with van der Waals surface area (Å²) in [6.45, 7) is 0.896. The molecular weight excluding hydrogens is 330 g/mol. The van der Waals surface area contributed by atoms with Crippen LogP contribution in [0, 0.1) is 0 Å². The highest BCUT2D eigenvalue weighted by Crippen LogP contribution is 2.27. The number of hydrogen-bond donors (Lipinski definition) is 1. The van der Waals surface area contributed by atoms with Crippen molar-refractivity contribution in [2.75, 3.05) is 6.26 Å². The number of rotatable bonds is 4. The van der Waals surface area contributed by atoms with Gasteiger partial charge in [-0.1, -0.05) is 34.0 Å². The highest BCUT2D eigenvalue weighted by atomic mass is 79.9. The summed E-state index contributed by atoms with van der Waals surface area (Å²) >= 11 is 11.6. The van der Waals surface area contributed by atoms with Crippen LogP contribution in [0.5, 0.6) is 0 Å². The Labute approximate surface area is 127 Å². The molecule has 1 aliphatic rings. The third-order valence-corrected chi connectivity index (χ3v) is 5.65. The molecule has 1 nitrogen and oxygen atoms in total. The van der Waals surface area contributed by atoms with E-state index in [1.807, 2.05) is 30.0 Å². The first-order valence-corrected chi connectivity index (χ1v) is 8.85. The molecule has 1 fully saturated rings. The van der Waals surface area contributed by atoms with Crippen molar-refractivity contribution in [3.63, 3.8) is 0 Å². The second-order valence-corrected chi connectivity index (χ2v) is 7.27. The van der Waals surface area contributed by atoms with Gasteiger partial charge in [-0.2, -0.15) is 11.8 Å². The third kappa shape index (κ3) is 4.16. The molecule has 1 aromatic carbocycles. The first-order valence-electron chi connectivity index (χ1n) is 6.39. The summed E-state index contributed by atoms with van der Waals surface area (Å²) in [7, 11) is 0. The summed E-state index contributed by atoms with van der Waals surface area (Å²) in [4.78, 5) is 0. The molecule has 18 heavy (non-hydrogen) atoms. The summed E-state index contributed by atoms with van der Waals surface area (Å²) in [5, 5.41) is 5.31.